The number of aliphatic hydroxyl groups excluding tert-OH is 1. The number of rotatable bonds is 16. The van der Waals surface area contributed by atoms with Gasteiger partial charge in [0.2, 0.25) is 0 Å². The average Bonchev–Trinajstić information content (AvgIpc) is 2.71. The topological polar surface area (TPSA) is 79.5 Å². The molecular weight excluding hydrogens is 354 g/mol. The molecule has 0 saturated carbocycles. The van der Waals surface area contributed by atoms with E-state index in [-0.39, 0.29) is 37.6 Å². The van der Waals surface area contributed by atoms with Crippen LogP contribution in [0.25, 0.3) is 0 Å². The van der Waals surface area contributed by atoms with Gasteiger partial charge in [-0.05, 0) is 44.4 Å². The second kappa shape index (κ2) is 17.0. The van der Waals surface area contributed by atoms with Crippen LogP contribution in [-0.2, 0) is 14.3 Å². The third-order valence-electron chi connectivity index (χ3n) is 4.64. The number of allylic oxidation sites excluding steroid dienone is 3. The van der Waals surface area contributed by atoms with Gasteiger partial charge in [0.05, 0.1) is 24.5 Å². The van der Waals surface area contributed by atoms with E-state index in [0.717, 1.165) is 19.3 Å². The first-order valence-corrected chi connectivity index (χ1v) is 10.0. The fourth-order valence-corrected chi connectivity index (χ4v) is 2.75. The van der Waals surface area contributed by atoms with E-state index in [1.807, 2.05) is 19.1 Å². The third-order valence-corrected chi connectivity index (χ3v) is 4.64. The molecule has 0 aliphatic heterocycles. The molecule has 1 N–H and O–H groups in total. The Bertz CT molecular complexity index is 544. The van der Waals surface area contributed by atoms with E-state index in [2.05, 4.69) is 31.6 Å². The molecule has 0 fully saturated rings. The van der Waals surface area contributed by atoms with Crippen LogP contribution in [0.2, 0.25) is 0 Å². The van der Waals surface area contributed by atoms with E-state index in [1.165, 1.54) is 0 Å². The van der Waals surface area contributed by atoms with Gasteiger partial charge in [0.15, 0.2) is 0 Å². The standard InChI is InChI=1S/C23H35NO4/c1-5-14-27-17-22(25)18-28-23(26)21(8-4)15-20(16-24)13-11-9-10-12-19(6-2)7-3/h1,6,9,11,19-22,25H,2,7-8,10,12-15,17-18H2,3-4H3/b11-9+. The Labute approximate surface area is 170 Å². The molecule has 0 saturated heterocycles. The molecular formula is C23H35NO4. The Balaban J connectivity index is 4.32. The van der Waals surface area contributed by atoms with Crippen LogP contribution in [0.3, 0.4) is 0 Å². The van der Waals surface area contributed by atoms with Crippen molar-refractivity contribution in [1.82, 2.24) is 0 Å². The highest BCUT2D eigenvalue weighted by molar-refractivity contribution is 5.72. The minimum absolute atomic E-state index is 0.0185. The number of ether oxygens (including phenoxy) is 2. The van der Waals surface area contributed by atoms with Gasteiger partial charge in [-0.15, -0.1) is 13.0 Å². The van der Waals surface area contributed by atoms with Gasteiger partial charge >= 0.3 is 5.97 Å². The quantitative estimate of drug-likeness (QED) is 0.187. The van der Waals surface area contributed by atoms with E-state index in [1.54, 1.807) is 0 Å². The summed E-state index contributed by atoms with van der Waals surface area (Å²) in [5, 5.41) is 19.1. The molecule has 0 rings (SSSR count). The molecule has 0 aliphatic carbocycles. The van der Waals surface area contributed by atoms with Gasteiger partial charge in [-0.3, -0.25) is 4.79 Å². The largest absolute Gasteiger partial charge is 0.463 e. The first-order chi connectivity index (χ1) is 13.5. The summed E-state index contributed by atoms with van der Waals surface area (Å²) in [6.45, 7) is 7.86. The second-order valence-corrected chi connectivity index (χ2v) is 6.86. The van der Waals surface area contributed by atoms with Crippen LogP contribution >= 0.6 is 0 Å². The molecule has 0 bridgehead atoms. The molecule has 0 amide bonds. The van der Waals surface area contributed by atoms with Crippen molar-refractivity contribution in [3.63, 3.8) is 0 Å². The van der Waals surface area contributed by atoms with Crippen molar-refractivity contribution in [2.24, 2.45) is 17.8 Å². The summed E-state index contributed by atoms with van der Waals surface area (Å²) in [4.78, 5) is 12.2. The van der Waals surface area contributed by atoms with E-state index in [4.69, 9.17) is 15.9 Å². The maximum Gasteiger partial charge on any atom is 0.309 e. The molecule has 0 aliphatic rings. The fraction of sp³-hybridized carbons (Fsp3) is 0.652. The van der Waals surface area contributed by atoms with E-state index >= 15 is 0 Å². The Morgan fingerprint density at radius 2 is 2.04 bits per heavy atom. The third kappa shape index (κ3) is 12.3. The summed E-state index contributed by atoms with van der Waals surface area (Å²) >= 11 is 0. The van der Waals surface area contributed by atoms with Gasteiger partial charge in [0.1, 0.15) is 19.3 Å². The zero-order chi connectivity index (χ0) is 21.2. The summed E-state index contributed by atoms with van der Waals surface area (Å²) in [6.07, 6.45) is 15.0. The second-order valence-electron chi connectivity index (χ2n) is 6.86. The lowest BCUT2D eigenvalue weighted by Gasteiger charge is -2.18. The van der Waals surface area contributed by atoms with Crippen LogP contribution in [0.5, 0.6) is 0 Å². The van der Waals surface area contributed by atoms with Gasteiger partial charge in [-0.25, -0.2) is 0 Å². The summed E-state index contributed by atoms with van der Waals surface area (Å²) in [7, 11) is 0. The van der Waals surface area contributed by atoms with Crippen LogP contribution in [-0.4, -0.2) is 37.0 Å². The highest BCUT2D eigenvalue weighted by Crippen LogP contribution is 2.21. The van der Waals surface area contributed by atoms with Crippen LogP contribution in [0.15, 0.2) is 24.8 Å². The maximum atomic E-state index is 12.2. The zero-order valence-electron chi connectivity index (χ0n) is 17.3. The molecule has 0 radical (unpaired) electrons. The number of hydrogen-bond acceptors (Lipinski definition) is 5. The molecule has 28 heavy (non-hydrogen) atoms. The fourth-order valence-electron chi connectivity index (χ4n) is 2.75. The number of nitriles is 1. The van der Waals surface area contributed by atoms with E-state index in [0.29, 0.717) is 25.2 Å². The average molecular weight is 390 g/mol. The van der Waals surface area contributed by atoms with E-state index in [9.17, 15) is 15.2 Å². The van der Waals surface area contributed by atoms with Crippen molar-refractivity contribution < 1.29 is 19.4 Å². The molecule has 5 heteroatoms. The lowest BCUT2D eigenvalue weighted by molar-refractivity contribution is -0.153. The van der Waals surface area contributed by atoms with Gasteiger partial charge in [-0.1, -0.05) is 38.0 Å². The molecule has 0 spiro atoms. The normalized spacial score (nSPS) is 15.2. The van der Waals surface area contributed by atoms with Crippen molar-refractivity contribution >= 4 is 5.97 Å². The van der Waals surface area contributed by atoms with Gasteiger partial charge in [-0.2, -0.15) is 5.26 Å². The number of terminal acetylenes is 1. The van der Waals surface area contributed by atoms with Crippen molar-refractivity contribution in [3.8, 4) is 18.4 Å². The molecule has 0 aromatic carbocycles. The number of hydrogen-bond donors (Lipinski definition) is 1. The maximum absolute atomic E-state index is 12.2. The molecule has 5 nitrogen and oxygen atoms in total. The van der Waals surface area contributed by atoms with Crippen molar-refractivity contribution in [2.45, 2.75) is 58.5 Å². The highest BCUT2D eigenvalue weighted by Gasteiger charge is 2.23. The molecule has 0 heterocycles. The molecule has 4 unspecified atom stereocenters. The monoisotopic (exact) mass is 389 g/mol. The zero-order valence-corrected chi connectivity index (χ0v) is 17.3. The lowest BCUT2D eigenvalue weighted by Crippen LogP contribution is -2.27. The first-order valence-electron chi connectivity index (χ1n) is 10.0. The van der Waals surface area contributed by atoms with Crippen LogP contribution in [0.1, 0.15) is 52.4 Å². The molecule has 0 aromatic heterocycles. The van der Waals surface area contributed by atoms with Crippen LogP contribution < -0.4 is 0 Å². The number of aliphatic hydroxyl groups is 1. The number of carbonyl (C=O) groups is 1. The van der Waals surface area contributed by atoms with Gasteiger partial charge < -0.3 is 14.6 Å². The van der Waals surface area contributed by atoms with Crippen molar-refractivity contribution in [3.05, 3.63) is 24.8 Å². The first kappa shape index (κ1) is 25.9. The minimum atomic E-state index is -0.910. The Hall–Kier alpha value is -2.08. The Kier molecular flexibility index (Phi) is 15.8. The summed E-state index contributed by atoms with van der Waals surface area (Å²) in [6, 6.07) is 2.28. The summed E-state index contributed by atoms with van der Waals surface area (Å²) in [5.41, 5.74) is 0. The number of carbonyl (C=O) groups excluding carboxylic acids is 1. The summed E-state index contributed by atoms with van der Waals surface area (Å²) in [5.74, 6) is 1.84. The minimum Gasteiger partial charge on any atom is -0.463 e. The lowest BCUT2D eigenvalue weighted by atomic mass is 9.91. The van der Waals surface area contributed by atoms with E-state index < -0.39 is 6.10 Å². The Morgan fingerprint density at radius 1 is 1.29 bits per heavy atom. The van der Waals surface area contributed by atoms with Gasteiger partial charge in [0.25, 0.3) is 0 Å². The molecule has 156 valence electrons. The van der Waals surface area contributed by atoms with Crippen LogP contribution in [0, 0.1) is 41.4 Å². The Morgan fingerprint density at radius 3 is 2.61 bits per heavy atom. The van der Waals surface area contributed by atoms with Crippen LogP contribution in [0.4, 0.5) is 0 Å². The SMILES string of the molecule is C#CCOCC(O)COC(=O)C(CC)CC(C#N)C/C=C/CCC(C=C)CC. The number of esters is 1. The smallest absolute Gasteiger partial charge is 0.309 e. The molecule has 0 aromatic rings. The predicted octanol–water partition coefficient (Wildman–Crippen LogP) is 4.04. The summed E-state index contributed by atoms with van der Waals surface area (Å²) < 4.78 is 10.2. The highest BCUT2D eigenvalue weighted by atomic mass is 16.5. The van der Waals surface area contributed by atoms with Gasteiger partial charge in [0, 0.05) is 0 Å². The van der Waals surface area contributed by atoms with Crippen molar-refractivity contribution in [2.75, 3.05) is 19.8 Å². The number of nitrogens with zero attached hydrogens (tertiary/aromatic N) is 1. The predicted molar refractivity (Wildman–Crippen MR) is 111 cm³/mol. The molecule has 4 atom stereocenters. The van der Waals surface area contributed by atoms with Crippen molar-refractivity contribution in [1.29, 1.82) is 5.26 Å².